The quantitative estimate of drug-likeness (QED) is 0.493. The molecule has 2 N–H and O–H groups in total. The molecule has 1 aliphatic rings. The fraction of sp³-hybridized carbons (Fsp3) is 0.889. The largest absolute Gasteiger partial charge is 0.468 e. The van der Waals surface area contributed by atoms with Crippen molar-refractivity contribution in [3.8, 4) is 0 Å². The molecule has 0 aromatic carbocycles. The van der Waals surface area contributed by atoms with Crippen LogP contribution >= 0.6 is 9.39 Å². The predicted octanol–water partition coefficient (Wildman–Crippen LogP) is -0.618. The minimum atomic E-state index is -1.12. The molecule has 4 atom stereocenters. The van der Waals surface area contributed by atoms with Gasteiger partial charge < -0.3 is 14.9 Å². The van der Waals surface area contributed by atoms with Crippen LogP contribution in [-0.4, -0.2) is 52.3 Å². The fourth-order valence-corrected chi connectivity index (χ4v) is 2.64. The number of aliphatic hydroxyl groups is 2. The first kappa shape index (κ1) is 12.8. The first-order valence-electron chi connectivity index (χ1n) is 4.78. The van der Waals surface area contributed by atoms with Crippen LogP contribution in [-0.2, 0) is 9.53 Å². The minimum Gasteiger partial charge on any atom is -0.468 e. The molecule has 1 rings (SSSR count). The monoisotopic (exact) mass is 235 g/mol. The van der Waals surface area contributed by atoms with Crippen molar-refractivity contribution in [3.05, 3.63) is 0 Å². The van der Waals surface area contributed by atoms with E-state index >= 15 is 0 Å². The van der Waals surface area contributed by atoms with Gasteiger partial charge in [-0.1, -0.05) is 9.39 Å². The summed E-state index contributed by atoms with van der Waals surface area (Å²) in [4.78, 5) is 11.5. The van der Waals surface area contributed by atoms with Gasteiger partial charge in [0.05, 0.1) is 18.8 Å². The second-order valence-corrected chi connectivity index (χ2v) is 5.07. The van der Waals surface area contributed by atoms with Crippen LogP contribution in [0.15, 0.2) is 0 Å². The summed E-state index contributed by atoms with van der Waals surface area (Å²) in [6.45, 7) is 3.50. The molecule has 0 spiro atoms. The zero-order valence-electron chi connectivity index (χ0n) is 9.17. The topological polar surface area (TPSA) is 70.0 Å². The van der Waals surface area contributed by atoms with Crippen LogP contribution in [0.5, 0.6) is 0 Å². The van der Waals surface area contributed by atoms with Crippen LogP contribution < -0.4 is 0 Å². The Labute approximate surface area is 91.7 Å². The Balaban J connectivity index is 2.95. The Morgan fingerprint density at radius 3 is 2.53 bits per heavy atom. The molecule has 1 aliphatic heterocycles. The van der Waals surface area contributed by atoms with Gasteiger partial charge in [-0.05, 0) is 13.8 Å². The molecule has 0 aromatic rings. The van der Waals surface area contributed by atoms with Gasteiger partial charge in [0.2, 0.25) is 0 Å². The third kappa shape index (κ3) is 2.48. The average molecular weight is 235 g/mol. The van der Waals surface area contributed by atoms with E-state index in [2.05, 4.69) is 14.1 Å². The Bertz CT molecular complexity index is 253. The summed E-state index contributed by atoms with van der Waals surface area (Å²) in [5, 5.41) is 19.7. The highest BCUT2D eigenvalue weighted by Crippen LogP contribution is 2.35. The highest BCUT2D eigenvalue weighted by molar-refractivity contribution is 7.13. The molecular weight excluding hydrogens is 217 g/mol. The molecule has 15 heavy (non-hydrogen) atoms. The van der Waals surface area contributed by atoms with Crippen LogP contribution in [0.3, 0.4) is 0 Å². The summed E-state index contributed by atoms with van der Waals surface area (Å²) in [7, 11) is 3.67. The van der Waals surface area contributed by atoms with E-state index in [1.807, 2.05) is 0 Å². The molecule has 1 fully saturated rings. The Kier molecular flexibility index (Phi) is 3.71. The molecule has 0 aliphatic carbocycles. The van der Waals surface area contributed by atoms with E-state index in [4.69, 9.17) is 0 Å². The number of β-amino-alcohol motifs (C(OH)–C–C–N with tert-alkyl or cyclic N) is 1. The van der Waals surface area contributed by atoms with E-state index in [9.17, 15) is 15.0 Å². The third-order valence-electron chi connectivity index (χ3n) is 2.77. The zero-order chi connectivity index (χ0) is 11.8. The molecular formula is C9H18NO4P. The number of carbonyl (C=O) groups excluding carboxylic acids is 1. The van der Waals surface area contributed by atoms with Gasteiger partial charge in [0, 0.05) is 12.5 Å². The van der Waals surface area contributed by atoms with Gasteiger partial charge in [0.1, 0.15) is 6.04 Å². The lowest BCUT2D eigenvalue weighted by atomic mass is 9.83. The lowest BCUT2D eigenvalue weighted by molar-refractivity contribution is -0.149. The number of rotatable bonds is 2. The number of esters is 1. The summed E-state index contributed by atoms with van der Waals surface area (Å²) in [5.74, 6) is -0.976. The molecule has 6 heteroatoms. The lowest BCUT2D eigenvalue weighted by Crippen LogP contribution is -2.47. The maximum absolute atomic E-state index is 11.5. The van der Waals surface area contributed by atoms with Gasteiger partial charge in [0.15, 0.2) is 0 Å². The zero-order valence-corrected chi connectivity index (χ0v) is 10.3. The number of nitrogens with zero attached hydrogens (tertiary/aromatic N) is 1. The van der Waals surface area contributed by atoms with Crippen molar-refractivity contribution in [2.45, 2.75) is 31.6 Å². The molecule has 0 bridgehead atoms. The molecule has 0 amide bonds. The van der Waals surface area contributed by atoms with Crippen molar-refractivity contribution in [3.63, 3.8) is 0 Å². The second-order valence-electron chi connectivity index (χ2n) is 4.41. The Morgan fingerprint density at radius 2 is 2.13 bits per heavy atom. The standard InChI is InChI=1S/C9H18NO4P/c1-9(2,13)6-5(11)4-10(15)7(6)8(12)14-3/h5-7,11,13H,4,15H2,1-3H3/t5-,6?,7+/m1/s1. The van der Waals surface area contributed by atoms with Crippen molar-refractivity contribution in [2.24, 2.45) is 5.92 Å². The van der Waals surface area contributed by atoms with Crippen LogP contribution in [0.25, 0.3) is 0 Å². The molecule has 0 radical (unpaired) electrons. The fourth-order valence-electron chi connectivity index (χ4n) is 2.12. The Hall–Kier alpha value is -0.220. The predicted molar refractivity (Wildman–Crippen MR) is 58.0 cm³/mol. The number of carbonyl (C=O) groups is 1. The van der Waals surface area contributed by atoms with E-state index in [1.54, 1.807) is 18.5 Å². The van der Waals surface area contributed by atoms with Gasteiger partial charge in [-0.2, -0.15) is 0 Å². The maximum Gasteiger partial charge on any atom is 0.323 e. The van der Waals surface area contributed by atoms with Crippen LogP contribution in [0.2, 0.25) is 0 Å². The van der Waals surface area contributed by atoms with Gasteiger partial charge in [-0.25, -0.2) is 0 Å². The van der Waals surface area contributed by atoms with E-state index in [1.165, 1.54) is 7.11 Å². The summed E-state index contributed by atoms with van der Waals surface area (Å²) < 4.78 is 6.29. The molecule has 1 saturated heterocycles. The minimum absolute atomic E-state index is 0.332. The summed E-state index contributed by atoms with van der Waals surface area (Å²) >= 11 is 0. The normalized spacial score (nSPS) is 33.1. The maximum atomic E-state index is 11.5. The van der Waals surface area contributed by atoms with Gasteiger partial charge >= 0.3 is 5.97 Å². The van der Waals surface area contributed by atoms with E-state index < -0.39 is 29.6 Å². The summed E-state index contributed by atoms with van der Waals surface area (Å²) in [6.07, 6.45) is -0.730. The second kappa shape index (κ2) is 4.34. The van der Waals surface area contributed by atoms with Gasteiger partial charge in [-0.15, -0.1) is 0 Å². The number of ether oxygens (including phenoxy) is 1. The van der Waals surface area contributed by atoms with Crippen molar-refractivity contribution in [1.82, 2.24) is 4.67 Å². The van der Waals surface area contributed by atoms with Crippen LogP contribution in [0.1, 0.15) is 13.8 Å². The van der Waals surface area contributed by atoms with E-state index in [0.717, 1.165) is 0 Å². The highest BCUT2D eigenvalue weighted by atomic mass is 31.0. The van der Waals surface area contributed by atoms with Crippen molar-refractivity contribution in [2.75, 3.05) is 13.7 Å². The van der Waals surface area contributed by atoms with Crippen LogP contribution in [0, 0.1) is 5.92 Å². The number of hydrogen-bond acceptors (Lipinski definition) is 5. The molecule has 0 aromatic heterocycles. The first-order chi connectivity index (χ1) is 6.79. The average Bonchev–Trinajstić information content (AvgIpc) is 2.38. The van der Waals surface area contributed by atoms with Crippen molar-refractivity contribution >= 4 is 15.4 Å². The lowest BCUT2D eigenvalue weighted by Gasteiger charge is -2.32. The summed E-state index contributed by atoms with van der Waals surface area (Å²) in [5.41, 5.74) is -1.12. The number of methoxy groups -OCH3 is 1. The molecule has 88 valence electrons. The van der Waals surface area contributed by atoms with Gasteiger partial charge in [-0.3, -0.25) is 9.46 Å². The SMILES string of the molecule is COC(=O)[C@@H]1C(C(C)(C)O)[C@H](O)CN1P. The molecule has 0 saturated carbocycles. The first-order valence-corrected chi connectivity index (χ1v) is 5.30. The van der Waals surface area contributed by atoms with Crippen LogP contribution in [0.4, 0.5) is 0 Å². The highest BCUT2D eigenvalue weighted by Gasteiger charge is 2.50. The van der Waals surface area contributed by atoms with Crippen molar-refractivity contribution in [1.29, 1.82) is 0 Å². The third-order valence-corrected chi connectivity index (χ3v) is 3.30. The summed E-state index contributed by atoms with van der Waals surface area (Å²) in [6, 6.07) is -0.616. The number of aliphatic hydroxyl groups excluding tert-OH is 1. The Morgan fingerprint density at radius 1 is 1.60 bits per heavy atom. The van der Waals surface area contributed by atoms with Crippen molar-refractivity contribution < 1.29 is 19.7 Å². The van der Waals surface area contributed by atoms with Gasteiger partial charge in [0.25, 0.3) is 0 Å². The molecule has 2 unspecified atom stereocenters. The van der Waals surface area contributed by atoms with E-state index in [-0.39, 0.29) is 0 Å². The van der Waals surface area contributed by atoms with E-state index in [0.29, 0.717) is 6.54 Å². The number of hydrogen-bond donors (Lipinski definition) is 2. The molecule has 1 heterocycles. The molecule has 5 nitrogen and oxygen atoms in total. The smallest absolute Gasteiger partial charge is 0.323 e.